The van der Waals surface area contributed by atoms with Crippen LogP contribution in [0.5, 0.6) is 0 Å². The van der Waals surface area contributed by atoms with Crippen molar-refractivity contribution in [1.29, 1.82) is 0 Å². The van der Waals surface area contributed by atoms with Crippen LogP contribution >= 0.6 is 0 Å². The van der Waals surface area contributed by atoms with Gasteiger partial charge in [-0.15, -0.1) is 0 Å². The number of aromatic nitrogens is 1. The summed E-state index contributed by atoms with van der Waals surface area (Å²) in [5.74, 6) is 0.0208. The van der Waals surface area contributed by atoms with Crippen molar-refractivity contribution in [1.82, 2.24) is 9.88 Å². The van der Waals surface area contributed by atoms with E-state index in [4.69, 9.17) is 0 Å². The van der Waals surface area contributed by atoms with Gasteiger partial charge in [-0.2, -0.15) is 0 Å². The van der Waals surface area contributed by atoms with Gasteiger partial charge in [0, 0.05) is 31.2 Å². The average molecular weight is 325 g/mol. The maximum Gasteiger partial charge on any atom is 0.228 e. The summed E-state index contributed by atoms with van der Waals surface area (Å²) in [7, 11) is 2.07. The molecule has 2 N–H and O–H groups in total. The number of anilines is 1. The molecule has 1 unspecified atom stereocenters. The number of fused-ring (bicyclic) bond motifs is 1. The number of nitrogens with zero attached hydrogens (tertiary/aromatic N) is 2. The lowest BCUT2D eigenvalue weighted by molar-refractivity contribution is -0.115. The van der Waals surface area contributed by atoms with Gasteiger partial charge in [-0.1, -0.05) is 12.1 Å². The molecule has 0 bridgehead atoms. The Hall–Kier alpha value is -2.24. The third-order valence-corrected chi connectivity index (χ3v) is 4.45. The summed E-state index contributed by atoms with van der Waals surface area (Å²) < 4.78 is 0. The van der Waals surface area contributed by atoms with Crippen LogP contribution in [0.4, 0.5) is 5.69 Å². The van der Waals surface area contributed by atoms with Crippen LogP contribution in [0, 0.1) is 0 Å². The fraction of sp³-hybridized carbons (Fsp3) is 0.368. The molecule has 1 aliphatic rings. The van der Waals surface area contributed by atoms with Crippen LogP contribution in [0.1, 0.15) is 29.2 Å². The fourth-order valence-corrected chi connectivity index (χ4v) is 2.95. The van der Waals surface area contributed by atoms with Gasteiger partial charge in [-0.25, -0.2) is 0 Å². The van der Waals surface area contributed by atoms with Crippen molar-refractivity contribution < 1.29 is 9.90 Å². The maximum atomic E-state index is 11.4. The molecule has 0 aliphatic carbocycles. The second-order valence-electron chi connectivity index (χ2n) is 6.35. The zero-order valence-electron chi connectivity index (χ0n) is 13.9. The Balaban J connectivity index is 1.47. The quantitative estimate of drug-likeness (QED) is 0.819. The molecule has 2 heterocycles. The van der Waals surface area contributed by atoms with E-state index in [0.29, 0.717) is 12.8 Å². The SMILES string of the molecule is CN(CCc1ccncc1)CCC(O)c1ccc2c(c1)CC(=O)N2. The summed E-state index contributed by atoms with van der Waals surface area (Å²) in [5, 5.41) is 13.2. The predicted octanol–water partition coefficient (Wildman–Crippen LogP) is 2.17. The van der Waals surface area contributed by atoms with Crippen molar-refractivity contribution in [3.8, 4) is 0 Å². The summed E-state index contributed by atoms with van der Waals surface area (Å²) in [5.41, 5.74) is 3.99. The lowest BCUT2D eigenvalue weighted by Crippen LogP contribution is -2.23. The molecule has 0 fully saturated rings. The van der Waals surface area contributed by atoms with Gasteiger partial charge in [0.1, 0.15) is 0 Å². The zero-order valence-corrected chi connectivity index (χ0v) is 13.9. The number of rotatable bonds is 7. The molecule has 2 aromatic rings. The van der Waals surface area contributed by atoms with E-state index in [-0.39, 0.29) is 5.91 Å². The number of benzene rings is 1. The first-order valence-electron chi connectivity index (χ1n) is 8.30. The number of hydrogen-bond acceptors (Lipinski definition) is 4. The molecule has 1 amide bonds. The highest BCUT2D eigenvalue weighted by Crippen LogP contribution is 2.27. The minimum absolute atomic E-state index is 0.0208. The van der Waals surface area contributed by atoms with E-state index in [1.807, 2.05) is 42.7 Å². The van der Waals surface area contributed by atoms with Crippen LogP contribution in [-0.2, 0) is 17.6 Å². The average Bonchev–Trinajstić information content (AvgIpc) is 2.97. The standard InChI is InChI=1S/C19H23N3O2/c1-22(10-6-14-4-8-20-9-5-14)11-7-18(23)15-2-3-17-16(12-15)13-19(24)21-17/h2-5,8-9,12,18,23H,6-7,10-11,13H2,1H3,(H,21,24). The van der Waals surface area contributed by atoms with Gasteiger partial charge in [-0.05, 0) is 54.8 Å². The molecule has 5 nitrogen and oxygen atoms in total. The minimum Gasteiger partial charge on any atom is -0.388 e. The van der Waals surface area contributed by atoms with Gasteiger partial charge in [0.05, 0.1) is 12.5 Å². The lowest BCUT2D eigenvalue weighted by atomic mass is 10.0. The molecule has 5 heteroatoms. The number of amides is 1. The Morgan fingerprint density at radius 3 is 2.83 bits per heavy atom. The van der Waals surface area contributed by atoms with E-state index < -0.39 is 6.10 Å². The van der Waals surface area contributed by atoms with Crippen molar-refractivity contribution in [2.75, 3.05) is 25.5 Å². The summed E-state index contributed by atoms with van der Waals surface area (Å²) in [6.07, 6.45) is 5.17. The summed E-state index contributed by atoms with van der Waals surface area (Å²) >= 11 is 0. The number of pyridine rings is 1. The largest absolute Gasteiger partial charge is 0.388 e. The van der Waals surface area contributed by atoms with E-state index in [2.05, 4.69) is 22.2 Å². The highest BCUT2D eigenvalue weighted by Gasteiger charge is 2.19. The Bertz CT molecular complexity index is 703. The van der Waals surface area contributed by atoms with Crippen molar-refractivity contribution in [2.45, 2.75) is 25.4 Å². The molecule has 0 radical (unpaired) electrons. The topological polar surface area (TPSA) is 65.5 Å². The predicted molar refractivity (Wildman–Crippen MR) is 93.8 cm³/mol. The van der Waals surface area contributed by atoms with E-state index in [0.717, 1.165) is 36.3 Å². The van der Waals surface area contributed by atoms with Crippen LogP contribution in [-0.4, -0.2) is 41.0 Å². The summed E-state index contributed by atoms with van der Waals surface area (Å²) in [6.45, 7) is 1.76. The molecule has 1 aromatic carbocycles. The van der Waals surface area contributed by atoms with Crippen molar-refractivity contribution in [3.63, 3.8) is 0 Å². The minimum atomic E-state index is -0.505. The third-order valence-electron chi connectivity index (χ3n) is 4.45. The van der Waals surface area contributed by atoms with Crippen LogP contribution in [0.2, 0.25) is 0 Å². The van der Waals surface area contributed by atoms with Gasteiger partial charge in [0.2, 0.25) is 5.91 Å². The molecule has 24 heavy (non-hydrogen) atoms. The normalized spacial score (nSPS) is 14.5. The van der Waals surface area contributed by atoms with Crippen molar-refractivity contribution in [3.05, 3.63) is 59.4 Å². The first-order valence-corrected chi connectivity index (χ1v) is 8.30. The molecule has 0 saturated heterocycles. The Kier molecular flexibility index (Phi) is 5.23. The molecule has 1 aromatic heterocycles. The van der Waals surface area contributed by atoms with Gasteiger partial charge in [0.25, 0.3) is 0 Å². The highest BCUT2D eigenvalue weighted by molar-refractivity contribution is 5.99. The van der Waals surface area contributed by atoms with Crippen LogP contribution in [0.15, 0.2) is 42.7 Å². The Labute approximate surface area is 142 Å². The molecule has 0 spiro atoms. The number of likely N-dealkylation sites (N-methyl/N-ethyl adjacent to an activating group) is 1. The van der Waals surface area contributed by atoms with Crippen LogP contribution in [0.3, 0.4) is 0 Å². The summed E-state index contributed by atoms with van der Waals surface area (Å²) in [4.78, 5) is 17.6. The number of aliphatic hydroxyl groups is 1. The van der Waals surface area contributed by atoms with Crippen LogP contribution < -0.4 is 5.32 Å². The second kappa shape index (κ2) is 7.55. The van der Waals surface area contributed by atoms with Crippen LogP contribution in [0.25, 0.3) is 0 Å². The number of aliphatic hydroxyl groups excluding tert-OH is 1. The van der Waals surface area contributed by atoms with E-state index >= 15 is 0 Å². The number of carbonyl (C=O) groups is 1. The first kappa shape index (κ1) is 16.6. The molecular formula is C19H23N3O2. The molecular weight excluding hydrogens is 302 g/mol. The molecule has 1 aliphatic heterocycles. The Morgan fingerprint density at radius 2 is 2.04 bits per heavy atom. The van der Waals surface area contributed by atoms with Crippen molar-refractivity contribution >= 4 is 11.6 Å². The Morgan fingerprint density at radius 1 is 1.25 bits per heavy atom. The third kappa shape index (κ3) is 4.19. The second-order valence-corrected chi connectivity index (χ2v) is 6.35. The molecule has 3 rings (SSSR count). The van der Waals surface area contributed by atoms with Gasteiger partial charge in [-0.3, -0.25) is 9.78 Å². The summed E-state index contributed by atoms with van der Waals surface area (Å²) in [6, 6.07) is 9.78. The number of nitrogens with one attached hydrogen (secondary N) is 1. The highest BCUT2D eigenvalue weighted by atomic mass is 16.3. The van der Waals surface area contributed by atoms with E-state index in [1.165, 1.54) is 5.56 Å². The molecule has 0 saturated carbocycles. The number of carbonyl (C=O) groups excluding carboxylic acids is 1. The van der Waals surface area contributed by atoms with Crippen molar-refractivity contribution in [2.24, 2.45) is 0 Å². The monoisotopic (exact) mass is 325 g/mol. The smallest absolute Gasteiger partial charge is 0.228 e. The maximum absolute atomic E-state index is 11.4. The number of hydrogen-bond donors (Lipinski definition) is 2. The van der Waals surface area contributed by atoms with E-state index in [1.54, 1.807) is 0 Å². The van der Waals surface area contributed by atoms with E-state index in [9.17, 15) is 9.90 Å². The molecule has 1 atom stereocenters. The first-order chi connectivity index (χ1) is 11.6. The van der Waals surface area contributed by atoms with Gasteiger partial charge >= 0.3 is 0 Å². The van der Waals surface area contributed by atoms with Gasteiger partial charge < -0.3 is 15.3 Å². The lowest BCUT2D eigenvalue weighted by Gasteiger charge is -2.19. The zero-order chi connectivity index (χ0) is 16.9. The van der Waals surface area contributed by atoms with Gasteiger partial charge in [0.15, 0.2) is 0 Å². The fourth-order valence-electron chi connectivity index (χ4n) is 2.95. The molecule has 126 valence electrons.